The van der Waals surface area contributed by atoms with Crippen molar-refractivity contribution in [2.24, 2.45) is 0 Å². The summed E-state index contributed by atoms with van der Waals surface area (Å²) in [5.41, 5.74) is 4.02. The van der Waals surface area contributed by atoms with Crippen molar-refractivity contribution in [3.8, 4) is 0 Å². The lowest BCUT2D eigenvalue weighted by molar-refractivity contribution is 0.970. The molecule has 18 heavy (non-hydrogen) atoms. The number of nitrogens with one attached hydrogen (secondary N) is 1. The molecule has 90 valence electrons. The van der Waals surface area contributed by atoms with Crippen LogP contribution in [-0.2, 0) is 6.42 Å². The van der Waals surface area contributed by atoms with Crippen LogP contribution in [0.15, 0.2) is 47.3 Å². The molecule has 1 aromatic carbocycles. The van der Waals surface area contributed by atoms with Gasteiger partial charge in [-0.15, -0.1) is 11.3 Å². The van der Waals surface area contributed by atoms with Crippen molar-refractivity contribution >= 4 is 28.1 Å². The molecule has 0 amide bonds. The quantitative estimate of drug-likeness (QED) is 0.777. The molecule has 0 aliphatic carbocycles. The van der Waals surface area contributed by atoms with E-state index in [-0.39, 0.29) is 0 Å². The topological polar surface area (TPSA) is 37.8 Å². The maximum Gasteiger partial charge on any atom is 0.126 e. The fraction of sp³-hybridized carbons (Fsp3) is 0.143. The van der Waals surface area contributed by atoms with Crippen molar-refractivity contribution in [3.05, 3.63) is 53.0 Å². The Bertz CT molecular complexity index is 634. The van der Waals surface area contributed by atoms with E-state index in [9.17, 15) is 0 Å². The molecule has 2 heterocycles. The Labute approximate surface area is 110 Å². The van der Waals surface area contributed by atoms with Crippen LogP contribution in [0.5, 0.6) is 0 Å². The molecule has 0 aliphatic rings. The lowest BCUT2D eigenvalue weighted by atomic mass is 10.2. The average molecular weight is 255 g/mol. The molecule has 3 nitrogen and oxygen atoms in total. The van der Waals surface area contributed by atoms with Gasteiger partial charge in [-0.1, -0.05) is 18.2 Å². The first-order valence-electron chi connectivity index (χ1n) is 5.88. The number of para-hydroxylation sites is 1. The molecule has 3 aromatic rings. The monoisotopic (exact) mass is 255 g/mol. The van der Waals surface area contributed by atoms with Crippen LogP contribution < -0.4 is 5.32 Å². The molecule has 1 N–H and O–H groups in total. The summed E-state index contributed by atoms with van der Waals surface area (Å²) >= 11 is 1.63. The molecule has 0 spiro atoms. The molecule has 0 aliphatic heterocycles. The first-order valence-corrected chi connectivity index (χ1v) is 6.83. The van der Waals surface area contributed by atoms with Gasteiger partial charge in [0.1, 0.15) is 5.82 Å². The Hall–Kier alpha value is -1.94. The smallest absolute Gasteiger partial charge is 0.126 e. The van der Waals surface area contributed by atoms with Gasteiger partial charge in [-0.05, 0) is 18.2 Å². The van der Waals surface area contributed by atoms with Crippen LogP contribution in [0.1, 0.15) is 5.69 Å². The number of thiazole rings is 1. The van der Waals surface area contributed by atoms with E-state index in [0.717, 1.165) is 30.0 Å². The minimum atomic E-state index is 0.856. The van der Waals surface area contributed by atoms with E-state index in [1.54, 1.807) is 11.3 Å². The van der Waals surface area contributed by atoms with Crippen molar-refractivity contribution in [2.45, 2.75) is 6.42 Å². The highest BCUT2D eigenvalue weighted by Gasteiger charge is 1.98. The second-order valence-electron chi connectivity index (χ2n) is 4.05. The maximum absolute atomic E-state index is 4.57. The Morgan fingerprint density at radius 1 is 1.11 bits per heavy atom. The second-order valence-corrected chi connectivity index (χ2v) is 4.76. The van der Waals surface area contributed by atoms with Crippen molar-refractivity contribution in [2.75, 3.05) is 11.9 Å². The first kappa shape index (κ1) is 11.2. The highest BCUT2D eigenvalue weighted by Crippen LogP contribution is 2.14. The first-order chi connectivity index (χ1) is 8.92. The highest BCUT2D eigenvalue weighted by molar-refractivity contribution is 7.07. The highest BCUT2D eigenvalue weighted by atomic mass is 32.1. The van der Waals surface area contributed by atoms with Gasteiger partial charge >= 0.3 is 0 Å². The third kappa shape index (κ3) is 2.49. The summed E-state index contributed by atoms with van der Waals surface area (Å²) < 4.78 is 0. The van der Waals surface area contributed by atoms with Crippen LogP contribution >= 0.6 is 11.3 Å². The van der Waals surface area contributed by atoms with Crippen LogP contribution in [0.2, 0.25) is 0 Å². The summed E-state index contributed by atoms with van der Waals surface area (Å²) in [6.45, 7) is 0.856. The lowest BCUT2D eigenvalue weighted by Gasteiger charge is -2.05. The molecule has 0 unspecified atom stereocenters. The Morgan fingerprint density at radius 3 is 2.94 bits per heavy atom. The van der Waals surface area contributed by atoms with Gasteiger partial charge in [0, 0.05) is 23.7 Å². The number of rotatable bonds is 4. The number of pyridine rings is 1. The van der Waals surface area contributed by atoms with Gasteiger partial charge in [0.2, 0.25) is 0 Å². The number of fused-ring (bicyclic) bond motifs is 1. The third-order valence-electron chi connectivity index (χ3n) is 2.77. The fourth-order valence-electron chi connectivity index (χ4n) is 1.84. The number of hydrogen-bond acceptors (Lipinski definition) is 4. The van der Waals surface area contributed by atoms with E-state index in [1.165, 1.54) is 5.39 Å². The molecular weight excluding hydrogens is 242 g/mol. The molecule has 0 saturated carbocycles. The van der Waals surface area contributed by atoms with Gasteiger partial charge in [0.25, 0.3) is 0 Å². The number of aromatic nitrogens is 2. The SMILES string of the molecule is c1ccc2nc(NCCc3cscn3)ccc2c1. The average Bonchev–Trinajstić information content (AvgIpc) is 2.92. The summed E-state index contributed by atoms with van der Waals surface area (Å²) in [6, 6.07) is 12.2. The normalized spacial score (nSPS) is 10.7. The van der Waals surface area contributed by atoms with Crippen molar-refractivity contribution in [1.82, 2.24) is 9.97 Å². The summed E-state index contributed by atoms with van der Waals surface area (Å²) in [5.74, 6) is 0.920. The van der Waals surface area contributed by atoms with Gasteiger partial charge in [-0.3, -0.25) is 0 Å². The standard InChI is InChI=1S/C14H13N3S/c1-2-4-13-11(3-1)5-6-14(17-13)15-8-7-12-9-18-10-16-12/h1-6,9-10H,7-8H2,(H,15,17). The zero-order valence-electron chi connectivity index (χ0n) is 9.84. The lowest BCUT2D eigenvalue weighted by Crippen LogP contribution is -2.06. The number of nitrogens with zero attached hydrogens (tertiary/aromatic N) is 2. The van der Waals surface area contributed by atoms with E-state index in [2.05, 4.69) is 32.8 Å². The van der Waals surface area contributed by atoms with Gasteiger partial charge in [-0.25, -0.2) is 9.97 Å². The molecule has 2 aromatic heterocycles. The van der Waals surface area contributed by atoms with E-state index in [4.69, 9.17) is 0 Å². The predicted molar refractivity (Wildman–Crippen MR) is 76.1 cm³/mol. The zero-order chi connectivity index (χ0) is 12.2. The summed E-state index contributed by atoms with van der Waals surface area (Å²) in [5, 5.41) is 6.58. The van der Waals surface area contributed by atoms with Crippen molar-refractivity contribution in [1.29, 1.82) is 0 Å². The molecule has 0 atom stereocenters. The van der Waals surface area contributed by atoms with Gasteiger partial charge < -0.3 is 5.32 Å². The van der Waals surface area contributed by atoms with E-state index in [0.29, 0.717) is 0 Å². The Kier molecular flexibility index (Phi) is 3.19. The number of benzene rings is 1. The van der Waals surface area contributed by atoms with Crippen molar-refractivity contribution in [3.63, 3.8) is 0 Å². The van der Waals surface area contributed by atoms with Crippen LogP contribution in [0.25, 0.3) is 10.9 Å². The van der Waals surface area contributed by atoms with Crippen molar-refractivity contribution < 1.29 is 0 Å². The Morgan fingerprint density at radius 2 is 2.06 bits per heavy atom. The predicted octanol–water partition coefficient (Wildman–Crippen LogP) is 3.35. The minimum absolute atomic E-state index is 0.856. The van der Waals surface area contributed by atoms with E-state index < -0.39 is 0 Å². The van der Waals surface area contributed by atoms with Crippen LogP contribution in [0, 0.1) is 0 Å². The summed E-state index contributed by atoms with van der Waals surface area (Å²) in [4.78, 5) is 8.82. The minimum Gasteiger partial charge on any atom is -0.370 e. The van der Waals surface area contributed by atoms with Crippen LogP contribution in [0.4, 0.5) is 5.82 Å². The molecular formula is C14H13N3S. The molecule has 0 fully saturated rings. The molecule has 4 heteroatoms. The number of hydrogen-bond donors (Lipinski definition) is 1. The molecule has 0 bridgehead atoms. The summed E-state index contributed by atoms with van der Waals surface area (Å²) in [7, 11) is 0. The second kappa shape index (κ2) is 5.14. The van der Waals surface area contributed by atoms with E-state index in [1.807, 2.05) is 29.8 Å². The molecule has 0 saturated heterocycles. The van der Waals surface area contributed by atoms with Gasteiger partial charge in [-0.2, -0.15) is 0 Å². The number of anilines is 1. The largest absolute Gasteiger partial charge is 0.370 e. The van der Waals surface area contributed by atoms with Gasteiger partial charge in [0.15, 0.2) is 0 Å². The Balaban J connectivity index is 1.67. The molecule has 3 rings (SSSR count). The fourth-order valence-corrected chi connectivity index (χ4v) is 2.44. The zero-order valence-corrected chi connectivity index (χ0v) is 10.7. The van der Waals surface area contributed by atoms with Crippen LogP contribution in [-0.4, -0.2) is 16.5 Å². The third-order valence-corrected chi connectivity index (χ3v) is 3.40. The summed E-state index contributed by atoms with van der Waals surface area (Å²) in [6.07, 6.45) is 0.929. The van der Waals surface area contributed by atoms with E-state index >= 15 is 0 Å². The maximum atomic E-state index is 4.57. The van der Waals surface area contributed by atoms with Gasteiger partial charge in [0.05, 0.1) is 16.7 Å². The molecule has 0 radical (unpaired) electrons. The van der Waals surface area contributed by atoms with Crippen LogP contribution in [0.3, 0.4) is 0 Å².